The summed E-state index contributed by atoms with van der Waals surface area (Å²) in [5, 5.41) is 5.67. The van der Waals surface area contributed by atoms with Gasteiger partial charge in [0.1, 0.15) is 0 Å². The van der Waals surface area contributed by atoms with E-state index in [0.717, 1.165) is 25.1 Å². The van der Waals surface area contributed by atoms with E-state index in [1.165, 1.54) is 0 Å². The summed E-state index contributed by atoms with van der Waals surface area (Å²) in [5.74, 6) is 0. The van der Waals surface area contributed by atoms with Crippen LogP contribution in [0.5, 0.6) is 0 Å². The van der Waals surface area contributed by atoms with E-state index < -0.39 is 0 Å². The Labute approximate surface area is 107 Å². The number of carbonyl (C=O) groups is 1. The van der Waals surface area contributed by atoms with Gasteiger partial charge in [-0.3, -0.25) is 4.98 Å². The van der Waals surface area contributed by atoms with E-state index in [9.17, 15) is 4.79 Å². The summed E-state index contributed by atoms with van der Waals surface area (Å²) in [6.07, 6.45) is 3.99. The first-order chi connectivity index (χ1) is 8.75. The maximum Gasteiger partial charge on any atom is 0.315 e. The second-order valence-corrected chi connectivity index (χ2v) is 4.47. The van der Waals surface area contributed by atoms with Gasteiger partial charge in [-0.05, 0) is 31.9 Å². The molecule has 2 rings (SSSR count). The molecule has 1 saturated heterocycles. The minimum Gasteiger partial charge on any atom is -0.376 e. The van der Waals surface area contributed by atoms with Crippen LogP contribution in [0.3, 0.4) is 0 Å². The Kier molecular flexibility index (Phi) is 4.52. The maximum atomic E-state index is 11.7. The number of rotatable bonds is 4. The van der Waals surface area contributed by atoms with Gasteiger partial charge in [-0.2, -0.15) is 0 Å². The molecule has 0 aromatic carbocycles. The van der Waals surface area contributed by atoms with Crippen LogP contribution >= 0.6 is 0 Å². The molecule has 0 aliphatic carbocycles. The van der Waals surface area contributed by atoms with E-state index in [4.69, 9.17) is 4.74 Å². The molecule has 5 heteroatoms. The molecule has 0 bridgehead atoms. The van der Waals surface area contributed by atoms with Crippen molar-refractivity contribution in [3.63, 3.8) is 0 Å². The molecule has 18 heavy (non-hydrogen) atoms. The molecule has 0 radical (unpaired) electrons. The first kappa shape index (κ1) is 12.8. The van der Waals surface area contributed by atoms with Crippen molar-refractivity contribution in [3.8, 4) is 0 Å². The van der Waals surface area contributed by atoms with Gasteiger partial charge in [0, 0.05) is 19.3 Å². The molecule has 2 amide bonds. The highest BCUT2D eigenvalue weighted by Crippen LogP contribution is 2.11. The molecule has 1 aliphatic heterocycles. The molecular formula is C13H19N3O2. The van der Waals surface area contributed by atoms with Crippen LogP contribution in [0.1, 0.15) is 31.5 Å². The number of carbonyl (C=O) groups excluding carboxylic acids is 1. The van der Waals surface area contributed by atoms with Gasteiger partial charge < -0.3 is 15.4 Å². The number of nitrogens with zero attached hydrogens (tertiary/aromatic N) is 1. The van der Waals surface area contributed by atoms with Crippen LogP contribution in [0, 0.1) is 0 Å². The van der Waals surface area contributed by atoms with Gasteiger partial charge in [0.2, 0.25) is 0 Å². The summed E-state index contributed by atoms with van der Waals surface area (Å²) in [4.78, 5) is 15.9. The molecule has 1 aliphatic rings. The third kappa shape index (κ3) is 3.70. The number of hydrogen-bond donors (Lipinski definition) is 2. The average Bonchev–Trinajstić information content (AvgIpc) is 2.90. The zero-order valence-corrected chi connectivity index (χ0v) is 10.6. The normalized spacial score (nSPS) is 20.4. The SMILES string of the molecule is C[C@@H](NC(=O)NC[C@@H]1CCCO1)c1ccccn1. The fraction of sp³-hybridized carbons (Fsp3) is 0.538. The van der Waals surface area contributed by atoms with Crippen LogP contribution < -0.4 is 10.6 Å². The molecule has 2 N–H and O–H groups in total. The molecule has 98 valence electrons. The smallest absolute Gasteiger partial charge is 0.315 e. The van der Waals surface area contributed by atoms with Gasteiger partial charge in [-0.15, -0.1) is 0 Å². The van der Waals surface area contributed by atoms with Crippen molar-refractivity contribution in [2.75, 3.05) is 13.2 Å². The number of ether oxygens (including phenoxy) is 1. The Bertz CT molecular complexity index is 377. The zero-order valence-electron chi connectivity index (χ0n) is 10.6. The van der Waals surface area contributed by atoms with Gasteiger partial charge in [0.15, 0.2) is 0 Å². The number of hydrogen-bond acceptors (Lipinski definition) is 3. The third-order valence-corrected chi connectivity index (χ3v) is 2.99. The number of pyridine rings is 1. The molecule has 1 aromatic rings. The monoisotopic (exact) mass is 249 g/mol. The van der Waals surface area contributed by atoms with Crippen LogP contribution in [-0.2, 0) is 4.74 Å². The first-order valence-electron chi connectivity index (χ1n) is 6.32. The lowest BCUT2D eigenvalue weighted by atomic mass is 10.2. The minimum absolute atomic E-state index is 0.101. The number of nitrogens with one attached hydrogen (secondary N) is 2. The zero-order chi connectivity index (χ0) is 12.8. The molecule has 2 atom stereocenters. The Morgan fingerprint density at radius 1 is 1.61 bits per heavy atom. The van der Waals surface area contributed by atoms with Crippen LogP contribution in [-0.4, -0.2) is 30.3 Å². The fourth-order valence-electron chi connectivity index (χ4n) is 1.97. The Morgan fingerprint density at radius 2 is 2.50 bits per heavy atom. The van der Waals surface area contributed by atoms with E-state index in [0.29, 0.717) is 6.54 Å². The molecule has 2 heterocycles. The highest BCUT2D eigenvalue weighted by Gasteiger charge is 2.17. The largest absolute Gasteiger partial charge is 0.376 e. The lowest BCUT2D eigenvalue weighted by molar-refractivity contribution is 0.111. The topological polar surface area (TPSA) is 63.2 Å². The molecule has 5 nitrogen and oxygen atoms in total. The Hall–Kier alpha value is -1.62. The van der Waals surface area contributed by atoms with Gasteiger partial charge in [0.05, 0.1) is 17.8 Å². The van der Waals surface area contributed by atoms with Gasteiger partial charge in [0.25, 0.3) is 0 Å². The molecule has 1 fully saturated rings. The van der Waals surface area contributed by atoms with Crippen LogP contribution in [0.15, 0.2) is 24.4 Å². The molecule has 1 aromatic heterocycles. The Morgan fingerprint density at radius 3 is 3.17 bits per heavy atom. The minimum atomic E-state index is -0.177. The summed E-state index contributed by atoms with van der Waals surface area (Å²) < 4.78 is 5.44. The van der Waals surface area contributed by atoms with Crippen molar-refractivity contribution in [2.45, 2.75) is 31.9 Å². The van der Waals surface area contributed by atoms with Crippen molar-refractivity contribution in [3.05, 3.63) is 30.1 Å². The molecular weight excluding hydrogens is 230 g/mol. The summed E-state index contributed by atoms with van der Waals surface area (Å²) in [7, 11) is 0. The average molecular weight is 249 g/mol. The van der Waals surface area contributed by atoms with Crippen molar-refractivity contribution in [1.29, 1.82) is 0 Å². The summed E-state index contributed by atoms with van der Waals surface area (Å²) in [5.41, 5.74) is 0.852. The Balaban J connectivity index is 1.73. The number of amides is 2. The van der Waals surface area contributed by atoms with Crippen molar-refractivity contribution in [1.82, 2.24) is 15.6 Å². The van der Waals surface area contributed by atoms with Gasteiger partial charge in [-0.1, -0.05) is 6.07 Å². The maximum absolute atomic E-state index is 11.7. The lowest BCUT2D eigenvalue weighted by Crippen LogP contribution is -2.40. The molecule has 0 unspecified atom stereocenters. The standard InChI is InChI=1S/C13H19N3O2/c1-10(12-6-2-3-7-14-12)16-13(17)15-9-11-5-4-8-18-11/h2-3,6-7,10-11H,4-5,8-9H2,1H3,(H2,15,16,17)/t10-,11+/m1/s1. The second-order valence-electron chi connectivity index (χ2n) is 4.47. The predicted molar refractivity (Wildman–Crippen MR) is 68.2 cm³/mol. The van der Waals surface area contributed by atoms with Crippen LogP contribution in [0.25, 0.3) is 0 Å². The highest BCUT2D eigenvalue weighted by molar-refractivity contribution is 5.74. The summed E-state index contributed by atoms with van der Waals surface area (Å²) in [6, 6.07) is 5.38. The van der Waals surface area contributed by atoms with Crippen molar-refractivity contribution in [2.24, 2.45) is 0 Å². The third-order valence-electron chi connectivity index (χ3n) is 2.99. The van der Waals surface area contributed by atoms with Crippen molar-refractivity contribution >= 4 is 6.03 Å². The number of urea groups is 1. The number of aromatic nitrogens is 1. The highest BCUT2D eigenvalue weighted by atomic mass is 16.5. The van der Waals surface area contributed by atoms with Gasteiger partial charge in [-0.25, -0.2) is 4.79 Å². The van der Waals surface area contributed by atoms with E-state index in [-0.39, 0.29) is 18.2 Å². The predicted octanol–water partition coefficient (Wildman–Crippen LogP) is 1.62. The molecule has 0 spiro atoms. The quantitative estimate of drug-likeness (QED) is 0.852. The first-order valence-corrected chi connectivity index (χ1v) is 6.32. The second kappa shape index (κ2) is 6.35. The van der Waals surface area contributed by atoms with Crippen LogP contribution in [0.4, 0.5) is 4.79 Å². The summed E-state index contributed by atoms with van der Waals surface area (Å²) in [6.45, 7) is 3.28. The molecule has 0 saturated carbocycles. The van der Waals surface area contributed by atoms with Crippen LogP contribution in [0.2, 0.25) is 0 Å². The van der Waals surface area contributed by atoms with E-state index >= 15 is 0 Å². The van der Waals surface area contributed by atoms with E-state index in [2.05, 4.69) is 15.6 Å². The van der Waals surface area contributed by atoms with E-state index in [1.54, 1.807) is 6.20 Å². The summed E-state index contributed by atoms with van der Waals surface area (Å²) >= 11 is 0. The fourth-order valence-corrected chi connectivity index (χ4v) is 1.97. The van der Waals surface area contributed by atoms with Crippen molar-refractivity contribution < 1.29 is 9.53 Å². The van der Waals surface area contributed by atoms with E-state index in [1.807, 2.05) is 25.1 Å². The lowest BCUT2D eigenvalue weighted by Gasteiger charge is -2.15. The van der Waals surface area contributed by atoms with Gasteiger partial charge >= 0.3 is 6.03 Å².